The number of benzene rings is 1. The minimum atomic E-state index is 0.0316. The highest BCUT2D eigenvalue weighted by atomic mass is 16.3. The molecule has 1 rings (SSSR count). The zero-order valence-corrected chi connectivity index (χ0v) is 7.61. The van der Waals surface area contributed by atoms with Crippen LogP contribution in [0.1, 0.15) is 24.4 Å². The highest BCUT2D eigenvalue weighted by Crippen LogP contribution is 2.18. The highest BCUT2D eigenvalue weighted by Gasteiger charge is 2.04. The van der Waals surface area contributed by atoms with Crippen molar-refractivity contribution in [2.75, 3.05) is 6.54 Å². The monoisotopic (exact) mass is 180 g/mol. The standard InChI is InChI=1S/C10H16N2O/c11-7-1-2-10(12)8-3-5-9(13)6-4-8/h3-6,10,13H,1-2,7,11-12H2/t10-/m0/s1. The van der Waals surface area contributed by atoms with Crippen LogP contribution in [0.15, 0.2) is 24.3 Å². The van der Waals surface area contributed by atoms with E-state index in [2.05, 4.69) is 0 Å². The van der Waals surface area contributed by atoms with Crippen LogP contribution in [0, 0.1) is 0 Å². The Hall–Kier alpha value is -1.06. The molecule has 5 N–H and O–H groups in total. The lowest BCUT2D eigenvalue weighted by Gasteiger charge is -2.10. The maximum absolute atomic E-state index is 9.05. The van der Waals surface area contributed by atoms with Crippen molar-refractivity contribution in [1.82, 2.24) is 0 Å². The van der Waals surface area contributed by atoms with Crippen molar-refractivity contribution >= 4 is 0 Å². The smallest absolute Gasteiger partial charge is 0.115 e. The lowest BCUT2D eigenvalue weighted by atomic mass is 10.0. The van der Waals surface area contributed by atoms with Gasteiger partial charge in [0.1, 0.15) is 5.75 Å². The molecule has 0 bridgehead atoms. The lowest BCUT2D eigenvalue weighted by molar-refractivity contribution is 0.474. The second kappa shape index (κ2) is 4.84. The predicted molar refractivity (Wildman–Crippen MR) is 53.3 cm³/mol. The van der Waals surface area contributed by atoms with Gasteiger partial charge < -0.3 is 16.6 Å². The number of phenolic OH excluding ortho intramolecular Hbond substituents is 1. The first kappa shape index (κ1) is 10.0. The van der Waals surface area contributed by atoms with Crippen molar-refractivity contribution in [3.63, 3.8) is 0 Å². The first-order valence-corrected chi connectivity index (χ1v) is 4.48. The van der Waals surface area contributed by atoms with Gasteiger partial charge in [-0.15, -0.1) is 0 Å². The van der Waals surface area contributed by atoms with E-state index >= 15 is 0 Å². The summed E-state index contributed by atoms with van der Waals surface area (Å²) in [5.41, 5.74) is 12.3. The van der Waals surface area contributed by atoms with Crippen LogP contribution in [-0.2, 0) is 0 Å². The number of phenols is 1. The molecule has 0 amide bonds. The van der Waals surface area contributed by atoms with E-state index in [1.165, 1.54) is 0 Å². The van der Waals surface area contributed by atoms with Crippen LogP contribution >= 0.6 is 0 Å². The van der Waals surface area contributed by atoms with Crippen molar-refractivity contribution in [2.24, 2.45) is 11.5 Å². The van der Waals surface area contributed by atoms with E-state index in [1.807, 2.05) is 12.1 Å². The number of rotatable bonds is 4. The van der Waals surface area contributed by atoms with Gasteiger partial charge in [0.2, 0.25) is 0 Å². The molecular formula is C10H16N2O. The van der Waals surface area contributed by atoms with Crippen molar-refractivity contribution in [3.05, 3.63) is 29.8 Å². The molecule has 1 aromatic rings. The van der Waals surface area contributed by atoms with Gasteiger partial charge in [-0.2, -0.15) is 0 Å². The SMILES string of the molecule is NCCC[C@H](N)c1ccc(O)cc1. The van der Waals surface area contributed by atoms with Gasteiger partial charge in [-0.1, -0.05) is 12.1 Å². The zero-order chi connectivity index (χ0) is 9.68. The minimum absolute atomic E-state index is 0.0316. The van der Waals surface area contributed by atoms with Gasteiger partial charge in [-0.25, -0.2) is 0 Å². The Morgan fingerprint density at radius 3 is 2.38 bits per heavy atom. The summed E-state index contributed by atoms with van der Waals surface area (Å²) in [6.45, 7) is 0.672. The fourth-order valence-electron chi connectivity index (χ4n) is 1.23. The van der Waals surface area contributed by atoms with E-state index in [4.69, 9.17) is 16.6 Å². The number of aromatic hydroxyl groups is 1. The van der Waals surface area contributed by atoms with E-state index in [0.717, 1.165) is 18.4 Å². The summed E-state index contributed by atoms with van der Waals surface area (Å²) in [6, 6.07) is 7.02. The first-order chi connectivity index (χ1) is 6.24. The van der Waals surface area contributed by atoms with E-state index in [-0.39, 0.29) is 11.8 Å². The molecule has 0 aliphatic rings. The van der Waals surface area contributed by atoms with Crippen molar-refractivity contribution in [2.45, 2.75) is 18.9 Å². The maximum Gasteiger partial charge on any atom is 0.115 e. The van der Waals surface area contributed by atoms with Crippen molar-refractivity contribution in [1.29, 1.82) is 0 Å². The Bertz CT molecular complexity index is 246. The molecule has 0 fully saturated rings. The second-order valence-corrected chi connectivity index (χ2v) is 3.13. The van der Waals surface area contributed by atoms with E-state index in [1.54, 1.807) is 12.1 Å². The van der Waals surface area contributed by atoms with Crippen LogP contribution < -0.4 is 11.5 Å². The molecule has 0 heterocycles. The molecule has 0 aliphatic heterocycles. The third kappa shape index (κ3) is 3.05. The fourth-order valence-corrected chi connectivity index (χ4v) is 1.23. The fraction of sp³-hybridized carbons (Fsp3) is 0.400. The third-order valence-electron chi connectivity index (χ3n) is 2.04. The van der Waals surface area contributed by atoms with Crippen LogP contribution in [0.5, 0.6) is 5.75 Å². The third-order valence-corrected chi connectivity index (χ3v) is 2.04. The maximum atomic E-state index is 9.05. The van der Waals surface area contributed by atoms with Gasteiger partial charge in [-0.05, 0) is 37.1 Å². The van der Waals surface area contributed by atoms with E-state index < -0.39 is 0 Å². The Balaban J connectivity index is 2.55. The van der Waals surface area contributed by atoms with E-state index in [9.17, 15) is 0 Å². The number of hydrogen-bond donors (Lipinski definition) is 3. The quantitative estimate of drug-likeness (QED) is 0.650. The van der Waals surface area contributed by atoms with Crippen molar-refractivity contribution in [3.8, 4) is 5.75 Å². The number of hydrogen-bond acceptors (Lipinski definition) is 3. The summed E-state index contributed by atoms with van der Waals surface area (Å²) in [6.07, 6.45) is 1.82. The average Bonchev–Trinajstić information content (AvgIpc) is 2.15. The molecule has 0 spiro atoms. The summed E-state index contributed by atoms with van der Waals surface area (Å²) in [7, 11) is 0. The molecule has 13 heavy (non-hydrogen) atoms. The van der Waals surface area contributed by atoms with Crippen LogP contribution in [0.25, 0.3) is 0 Å². The second-order valence-electron chi connectivity index (χ2n) is 3.13. The van der Waals surface area contributed by atoms with Crippen LogP contribution in [0.2, 0.25) is 0 Å². The topological polar surface area (TPSA) is 72.3 Å². The summed E-state index contributed by atoms with van der Waals surface area (Å²) in [5, 5.41) is 9.05. The van der Waals surface area contributed by atoms with Crippen LogP contribution in [0.4, 0.5) is 0 Å². The molecule has 72 valence electrons. The first-order valence-electron chi connectivity index (χ1n) is 4.48. The molecule has 1 aromatic carbocycles. The van der Waals surface area contributed by atoms with Gasteiger partial charge in [0.15, 0.2) is 0 Å². The molecular weight excluding hydrogens is 164 g/mol. The number of nitrogens with two attached hydrogens (primary N) is 2. The highest BCUT2D eigenvalue weighted by molar-refractivity contribution is 5.27. The predicted octanol–water partition coefficient (Wildman–Crippen LogP) is 1.13. The Labute approximate surface area is 78.4 Å². The van der Waals surface area contributed by atoms with Gasteiger partial charge in [-0.3, -0.25) is 0 Å². The molecule has 1 atom stereocenters. The minimum Gasteiger partial charge on any atom is -0.508 e. The Kier molecular flexibility index (Phi) is 3.73. The summed E-state index contributed by atoms with van der Waals surface area (Å²) < 4.78 is 0. The molecule has 0 saturated heterocycles. The van der Waals surface area contributed by atoms with E-state index in [0.29, 0.717) is 6.54 Å². The molecule has 0 radical (unpaired) electrons. The average molecular weight is 180 g/mol. The zero-order valence-electron chi connectivity index (χ0n) is 7.61. The molecule has 0 aliphatic carbocycles. The molecule has 3 heteroatoms. The largest absolute Gasteiger partial charge is 0.508 e. The van der Waals surface area contributed by atoms with Crippen molar-refractivity contribution < 1.29 is 5.11 Å². The van der Waals surface area contributed by atoms with Gasteiger partial charge in [0, 0.05) is 6.04 Å². The Morgan fingerprint density at radius 1 is 1.23 bits per heavy atom. The summed E-state index contributed by atoms with van der Waals surface area (Å²) in [4.78, 5) is 0. The Morgan fingerprint density at radius 2 is 1.85 bits per heavy atom. The van der Waals surface area contributed by atoms with Gasteiger partial charge in [0.25, 0.3) is 0 Å². The lowest BCUT2D eigenvalue weighted by Crippen LogP contribution is -2.12. The van der Waals surface area contributed by atoms with Gasteiger partial charge in [0.05, 0.1) is 0 Å². The molecule has 0 saturated carbocycles. The molecule has 3 nitrogen and oxygen atoms in total. The molecule has 0 aromatic heterocycles. The van der Waals surface area contributed by atoms with Crippen LogP contribution in [0.3, 0.4) is 0 Å². The summed E-state index contributed by atoms with van der Waals surface area (Å²) >= 11 is 0. The van der Waals surface area contributed by atoms with Gasteiger partial charge >= 0.3 is 0 Å². The summed E-state index contributed by atoms with van der Waals surface area (Å²) in [5.74, 6) is 0.273. The normalized spacial score (nSPS) is 12.8. The van der Waals surface area contributed by atoms with Crippen LogP contribution in [-0.4, -0.2) is 11.7 Å². The molecule has 0 unspecified atom stereocenters.